The highest BCUT2D eigenvalue weighted by Crippen LogP contribution is 2.14. The topological polar surface area (TPSA) is 26.3 Å². The molecule has 0 saturated heterocycles. The van der Waals surface area contributed by atoms with Crippen LogP contribution in [-0.2, 0) is 9.53 Å². The third-order valence-corrected chi connectivity index (χ3v) is 5.31. The SMILES string of the molecule is CCCCCCCCCCCCCCCCCCCCCC(=O)OCCl. The number of esters is 1. The normalized spacial score (nSPS) is 11.0. The van der Waals surface area contributed by atoms with Crippen LogP contribution in [0.25, 0.3) is 0 Å². The second kappa shape index (κ2) is 22.8. The van der Waals surface area contributed by atoms with Gasteiger partial charge in [-0.05, 0) is 6.42 Å². The molecule has 0 aliphatic rings. The lowest BCUT2D eigenvalue weighted by molar-refractivity contribution is -0.141. The van der Waals surface area contributed by atoms with Crippen molar-refractivity contribution in [3.8, 4) is 0 Å². The monoisotopic (exact) mass is 388 g/mol. The van der Waals surface area contributed by atoms with E-state index in [9.17, 15) is 4.79 Å². The van der Waals surface area contributed by atoms with Crippen LogP contribution >= 0.6 is 11.6 Å². The molecule has 0 spiro atoms. The molecule has 0 rings (SSSR count). The highest BCUT2D eigenvalue weighted by Gasteiger charge is 2.01. The van der Waals surface area contributed by atoms with Gasteiger partial charge in [0.25, 0.3) is 0 Å². The molecule has 3 heteroatoms. The molecule has 0 aromatic heterocycles. The molecule has 0 atom stereocenters. The summed E-state index contributed by atoms with van der Waals surface area (Å²) in [6.45, 7) is 2.29. The Labute approximate surface area is 168 Å². The maximum Gasteiger partial charge on any atom is 0.306 e. The Morgan fingerprint density at radius 2 is 0.885 bits per heavy atom. The van der Waals surface area contributed by atoms with Gasteiger partial charge in [-0.3, -0.25) is 4.79 Å². The number of hydrogen-bond acceptors (Lipinski definition) is 2. The lowest BCUT2D eigenvalue weighted by atomic mass is 10.0. The van der Waals surface area contributed by atoms with E-state index in [1.807, 2.05) is 0 Å². The number of rotatable bonds is 21. The zero-order valence-electron chi connectivity index (χ0n) is 17.5. The van der Waals surface area contributed by atoms with Gasteiger partial charge in [-0.25, -0.2) is 0 Å². The zero-order chi connectivity index (χ0) is 19.1. The van der Waals surface area contributed by atoms with Crippen molar-refractivity contribution in [3.63, 3.8) is 0 Å². The fraction of sp³-hybridized carbons (Fsp3) is 0.957. The molecule has 0 fully saturated rings. The van der Waals surface area contributed by atoms with Crippen molar-refractivity contribution in [2.75, 3.05) is 6.07 Å². The van der Waals surface area contributed by atoms with E-state index in [1.54, 1.807) is 0 Å². The van der Waals surface area contributed by atoms with E-state index in [-0.39, 0.29) is 12.0 Å². The Hall–Kier alpha value is -0.240. The molecular formula is C23H45ClO2. The van der Waals surface area contributed by atoms with Gasteiger partial charge in [0.15, 0.2) is 6.07 Å². The molecule has 0 N–H and O–H groups in total. The first-order valence-electron chi connectivity index (χ1n) is 11.5. The number of unbranched alkanes of at least 4 members (excludes halogenated alkanes) is 18. The maximum atomic E-state index is 11.1. The van der Waals surface area contributed by atoms with Crippen molar-refractivity contribution in [2.45, 2.75) is 135 Å². The van der Waals surface area contributed by atoms with E-state index in [0.717, 1.165) is 12.8 Å². The second-order valence-electron chi connectivity index (χ2n) is 7.74. The molecule has 0 saturated carbocycles. The van der Waals surface area contributed by atoms with Gasteiger partial charge >= 0.3 is 5.97 Å². The molecule has 0 radical (unpaired) electrons. The van der Waals surface area contributed by atoms with Gasteiger partial charge in [0.2, 0.25) is 0 Å². The summed E-state index contributed by atoms with van der Waals surface area (Å²) in [5.41, 5.74) is 0. The fourth-order valence-electron chi connectivity index (χ4n) is 3.48. The molecule has 0 bridgehead atoms. The van der Waals surface area contributed by atoms with E-state index in [1.165, 1.54) is 109 Å². The van der Waals surface area contributed by atoms with Crippen LogP contribution in [0.15, 0.2) is 0 Å². The molecule has 156 valence electrons. The first-order valence-corrected chi connectivity index (χ1v) is 12.1. The Kier molecular flexibility index (Phi) is 22.6. The molecule has 0 unspecified atom stereocenters. The van der Waals surface area contributed by atoms with E-state index >= 15 is 0 Å². The first kappa shape index (κ1) is 25.8. The van der Waals surface area contributed by atoms with Crippen molar-refractivity contribution < 1.29 is 9.53 Å². The minimum atomic E-state index is -0.160. The zero-order valence-corrected chi connectivity index (χ0v) is 18.3. The summed E-state index contributed by atoms with van der Waals surface area (Å²) >= 11 is 5.34. The highest BCUT2D eigenvalue weighted by atomic mass is 35.5. The average molecular weight is 389 g/mol. The van der Waals surface area contributed by atoms with Crippen molar-refractivity contribution >= 4 is 17.6 Å². The predicted molar refractivity (Wildman–Crippen MR) is 115 cm³/mol. The molecule has 0 amide bonds. The van der Waals surface area contributed by atoms with Crippen molar-refractivity contribution in [1.29, 1.82) is 0 Å². The third-order valence-electron chi connectivity index (χ3n) is 5.20. The maximum absolute atomic E-state index is 11.1. The van der Waals surface area contributed by atoms with Crippen LogP contribution in [0, 0.1) is 0 Å². The number of carbonyl (C=O) groups excluding carboxylic acids is 1. The van der Waals surface area contributed by atoms with Gasteiger partial charge in [0, 0.05) is 6.42 Å². The molecule has 0 aromatic carbocycles. The second-order valence-corrected chi connectivity index (χ2v) is 7.96. The standard InChI is InChI=1S/C23H45ClO2/c1-2-3-4-5-6-7-8-9-10-11-12-13-14-15-16-17-18-19-20-21-23(25)26-22-24/h2-22H2,1H3. The molecule has 0 aliphatic carbocycles. The van der Waals surface area contributed by atoms with Crippen molar-refractivity contribution in [3.05, 3.63) is 0 Å². The number of ether oxygens (including phenoxy) is 1. The van der Waals surface area contributed by atoms with Gasteiger partial charge in [0.1, 0.15) is 0 Å². The molecule has 0 aliphatic heterocycles. The Balaban J connectivity index is 3.02. The summed E-state index contributed by atoms with van der Waals surface area (Å²) in [5, 5.41) is 0. The quantitative estimate of drug-likeness (QED) is 0.112. The highest BCUT2D eigenvalue weighted by molar-refractivity contribution is 6.17. The van der Waals surface area contributed by atoms with Crippen LogP contribution in [0.5, 0.6) is 0 Å². The van der Waals surface area contributed by atoms with Crippen LogP contribution in [0.4, 0.5) is 0 Å². The Morgan fingerprint density at radius 1 is 0.577 bits per heavy atom. The first-order chi connectivity index (χ1) is 12.8. The number of halogens is 1. The van der Waals surface area contributed by atoms with Gasteiger partial charge in [-0.1, -0.05) is 134 Å². The third kappa shape index (κ3) is 21.8. The van der Waals surface area contributed by atoms with Crippen LogP contribution < -0.4 is 0 Å². The fourth-order valence-corrected chi connectivity index (χ4v) is 3.60. The average Bonchev–Trinajstić information content (AvgIpc) is 2.64. The van der Waals surface area contributed by atoms with E-state index < -0.39 is 0 Å². The van der Waals surface area contributed by atoms with Crippen LogP contribution in [0.2, 0.25) is 0 Å². The van der Waals surface area contributed by atoms with Crippen LogP contribution in [0.1, 0.15) is 135 Å². The summed E-state index contributed by atoms with van der Waals surface area (Å²) in [7, 11) is 0. The number of carbonyl (C=O) groups is 1. The lowest BCUT2D eigenvalue weighted by Crippen LogP contribution is -2.01. The number of hydrogen-bond donors (Lipinski definition) is 0. The van der Waals surface area contributed by atoms with Crippen LogP contribution in [-0.4, -0.2) is 12.0 Å². The largest absolute Gasteiger partial charge is 0.449 e. The number of alkyl halides is 1. The molecule has 0 heterocycles. The molecule has 26 heavy (non-hydrogen) atoms. The van der Waals surface area contributed by atoms with Gasteiger partial charge in [-0.2, -0.15) is 0 Å². The van der Waals surface area contributed by atoms with Gasteiger partial charge in [-0.15, -0.1) is 0 Å². The predicted octanol–water partition coefficient (Wildman–Crippen LogP) is 8.55. The summed E-state index contributed by atoms with van der Waals surface area (Å²) < 4.78 is 4.71. The van der Waals surface area contributed by atoms with Gasteiger partial charge < -0.3 is 4.74 Å². The smallest absolute Gasteiger partial charge is 0.306 e. The van der Waals surface area contributed by atoms with E-state index in [0.29, 0.717) is 6.42 Å². The van der Waals surface area contributed by atoms with Crippen molar-refractivity contribution in [2.24, 2.45) is 0 Å². The molecule has 2 nitrogen and oxygen atoms in total. The van der Waals surface area contributed by atoms with E-state index in [2.05, 4.69) is 6.92 Å². The Bertz CT molecular complexity index is 281. The minimum Gasteiger partial charge on any atom is -0.449 e. The Morgan fingerprint density at radius 3 is 1.19 bits per heavy atom. The minimum absolute atomic E-state index is 0.0159. The van der Waals surface area contributed by atoms with E-state index in [4.69, 9.17) is 16.3 Å². The van der Waals surface area contributed by atoms with Gasteiger partial charge in [0.05, 0.1) is 0 Å². The molecular weight excluding hydrogens is 344 g/mol. The summed E-state index contributed by atoms with van der Waals surface area (Å²) in [4.78, 5) is 11.1. The summed E-state index contributed by atoms with van der Waals surface area (Å²) in [5.74, 6) is -0.160. The van der Waals surface area contributed by atoms with Crippen LogP contribution in [0.3, 0.4) is 0 Å². The lowest BCUT2D eigenvalue weighted by Gasteiger charge is -2.04. The summed E-state index contributed by atoms with van der Waals surface area (Å²) in [6, 6.07) is -0.0159. The molecule has 0 aromatic rings. The van der Waals surface area contributed by atoms with Crippen molar-refractivity contribution in [1.82, 2.24) is 0 Å². The summed E-state index contributed by atoms with van der Waals surface area (Å²) in [6.07, 6.45) is 26.5.